The van der Waals surface area contributed by atoms with Crippen molar-refractivity contribution >= 4 is 35.3 Å². The van der Waals surface area contributed by atoms with Gasteiger partial charge in [0.1, 0.15) is 18.0 Å². The van der Waals surface area contributed by atoms with E-state index in [1.807, 2.05) is 19.1 Å². The molecule has 0 bridgehead atoms. The van der Waals surface area contributed by atoms with Crippen LogP contribution in [-0.2, 0) is 14.3 Å². The van der Waals surface area contributed by atoms with E-state index in [0.29, 0.717) is 24.7 Å². The summed E-state index contributed by atoms with van der Waals surface area (Å²) in [5.41, 5.74) is 3.57. The molecule has 4 amide bonds. The van der Waals surface area contributed by atoms with Crippen LogP contribution in [0.5, 0.6) is 5.75 Å². The van der Waals surface area contributed by atoms with Crippen LogP contribution in [0.3, 0.4) is 0 Å². The Morgan fingerprint density at radius 3 is 2.55 bits per heavy atom. The van der Waals surface area contributed by atoms with Gasteiger partial charge in [-0.3, -0.25) is 9.59 Å². The highest BCUT2D eigenvalue weighted by atomic mass is 16.5. The number of nitrogens with zero attached hydrogens (tertiary/aromatic N) is 2. The van der Waals surface area contributed by atoms with E-state index >= 15 is 0 Å². The summed E-state index contributed by atoms with van der Waals surface area (Å²) in [6.45, 7) is 4.64. The Labute approximate surface area is 191 Å². The minimum absolute atomic E-state index is 0.138. The molecule has 2 heterocycles. The maximum Gasteiger partial charge on any atom is 0.329 e. The number of hydrogen-bond acceptors (Lipinski definition) is 6. The lowest BCUT2D eigenvalue weighted by Gasteiger charge is -2.29. The van der Waals surface area contributed by atoms with Crippen molar-refractivity contribution in [1.82, 2.24) is 10.2 Å². The number of nitrogens with one attached hydrogen (secondary N) is 2. The van der Waals surface area contributed by atoms with Crippen LogP contribution in [0.25, 0.3) is 6.08 Å². The van der Waals surface area contributed by atoms with Crippen molar-refractivity contribution in [3.05, 3.63) is 59.3 Å². The number of methoxy groups -OCH3 is 1. The number of morpholine rings is 1. The summed E-state index contributed by atoms with van der Waals surface area (Å²) in [6, 6.07) is 12.1. The number of anilines is 2. The van der Waals surface area contributed by atoms with Gasteiger partial charge in [-0.25, -0.2) is 9.69 Å². The van der Waals surface area contributed by atoms with Crippen molar-refractivity contribution in [3.63, 3.8) is 0 Å². The van der Waals surface area contributed by atoms with E-state index in [2.05, 4.69) is 21.6 Å². The highest BCUT2D eigenvalue weighted by molar-refractivity contribution is 6.16. The Bertz CT molecular complexity index is 1090. The monoisotopic (exact) mass is 450 g/mol. The largest absolute Gasteiger partial charge is 0.497 e. The normalized spacial score (nSPS) is 17.3. The SMILES string of the molecule is COc1ccc(NC(=O)CN2C(=O)N/C(=C\c3ccc(N4CCOCC4)cc3C)C2=O)cc1. The minimum Gasteiger partial charge on any atom is -0.497 e. The van der Waals surface area contributed by atoms with Gasteiger partial charge in [0.2, 0.25) is 5.91 Å². The molecule has 33 heavy (non-hydrogen) atoms. The predicted molar refractivity (Wildman–Crippen MR) is 124 cm³/mol. The van der Waals surface area contributed by atoms with Gasteiger partial charge < -0.3 is 25.0 Å². The van der Waals surface area contributed by atoms with Gasteiger partial charge in [-0.15, -0.1) is 0 Å². The summed E-state index contributed by atoms with van der Waals surface area (Å²) in [5, 5.41) is 5.24. The molecule has 9 nitrogen and oxygen atoms in total. The van der Waals surface area contributed by atoms with E-state index in [1.54, 1.807) is 37.5 Å². The molecule has 0 aliphatic carbocycles. The average molecular weight is 450 g/mol. The van der Waals surface area contributed by atoms with Gasteiger partial charge in [0.05, 0.1) is 20.3 Å². The number of carbonyl (C=O) groups excluding carboxylic acids is 3. The Morgan fingerprint density at radius 2 is 1.88 bits per heavy atom. The molecule has 0 radical (unpaired) electrons. The third-order valence-corrected chi connectivity index (χ3v) is 5.57. The molecule has 2 aromatic carbocycles. The molecule has 2 N–H and O–H groups in total. The molecule has 2 aromatic rings. The quantitative estimate of drug-likeness (QED) is 0.518. The first-order valence-corrected chi connectivity index (χ1v) is 10.7. The van der Waals surface area contributed by atoms with Crippen molar-refractivity contribution < 1.29 is 23.9 Å². The average Bonchev–Trinajstić information content (AvgIpc) is 3.08. The van der Waals surface area contributed by atoms with Gasteiger partial charge in [-0.2, -0.15) is 0 Å². The number of imide groups is 1. The van der Waals surface area contributed by atoms with Crippen LogP contribution in [0, 0.1) is 6.92 Å². The molecule has 2 aliphatic rings. The lowest BCUT2D eigenvalue weighted by molar-refractivity contribution is -0.127. The maximum absolute atomic E-state index is 12.8. The van der Waals surface area contributed by atoms with Crippen LogP contribution in [0.1, 0.15) is 11.1 Å². The molecule has 0 saturated carbocycles. The van der Waals surface area contributed by atoms with E-state index in [4.69, 9.17) is 9.47 Å². The first-order valence-electron chi connectivity index (χ1n) is 10.7. The molecule has 9 heteroatoms. The van der Waals surface area contributed by atoms with Crippen molar-refractivity contribution in [2.45, 2.75) is 6.92 Å². The number of ether oxygens (including phenoxy) is 2. The van der Waals surface area contributed by atoms with Crippen molar-refractivity contribution in [2.24, 2.45) is 0 Å². The van der Waals surface area contributed by atoms with Crippen LogP contribution in [0.4, 0.5) is 16.2 Å². The van der Waals surface area contributed by atoms with Crippen LogP contribution in [0.2, 0.25) is 0 Å². The number of benzene rings is 2. The van der Waals surface area contributed by atoms with Gasteiger partial charge in [0.15, 0.2) is 0 Å². The number of urea groups is 1. The fourth-order valence-electron chi connectivity index (χ4n) is 3.73. The molecular weight excluding hydrogens is 424 g/mol. The first kappa shape index (κ1) is 22.3. The molecule has 0 spiro atoms. The van der Waals surface area contributed by atoms with E-state index in [0.717, 1.165) is 34.8 Å². The second-order valence-corrected chi connectivity index (χ2v) is 7.80. The van der Waals surface area contributed by atoms with Crippen LogP contribution in [0.15, 0.2) is 48.2 Å². The lowest BCUT2D eigenvalue weighted by Crippen LogP contribution is -2.38. The standard InChI is InChI=1S/C24H26N4O5/c1-16-13-19(27-9-11-33-12-10-27)6-3-17(16)14-21-23(30)28(24(31)26-21)15-22(29)25-18-4-7-20(32-2)8-5-18/h3-8,13-14H,9-12,15H2,1-2H3,(H,25,29)(H,26,31)/b21-14-. The molecule has 4 rings (SSSR count). The fourth-order valence-corrected chi connectivity index (χ4v) is 3.73. The fraction of sp³-hybridized carbons (Fsp3) is 0.292. The molecule has 0 unspecified atom stereocenters. The summed E-state index contributed by atoms with van der Waals surface area (Å²) in [5.74, 6) is -0.359. The molecule has 0 atom stereocenters. The number of carbonyl (C=O) groups is 3. The van der Waals surface area contributed by atoms with Crippen molar-refractivity contribution in [2.75, 3.05) is 50.2 Å². The highest BCUT2D eigenvalue weighted by Crippen LogP contribution is 2.23. The summed E-state index contributed by atoms with van der Waals surface area (Å²) < 4.78 is 10.5. The third-order valence-electron chi connectivity index (χ3n) is 5.57. The lowest BCUT2D eigenvalue weighted by atomic mass is 10.1. The second-order valence-electron chi connectivity index (χ2n) is 7.80. The number of hydrogen-bond donors (Lipinski definition) is 2. The summed E-state index contributed by atoms with van der Waals surface area (Å²) in [7, 11) is 1.55. The van der Waals surface area contributed by atoms with Gasteiger partial charge >= 0.3 is 6.03 Å². The topological polar surface area (TPSA) is 100 Å². The van der Waals surface area contributed by atoms with Crippen LogP contribution in [-0.4, -0.2) is 62.7 Å². The molecule has 2 aliphatic heterocycles. The Morgan fingerprint density at radius 1 is 1.15 bits per heavy atom. The van der Waals surface area contributed by atoms with Gasteiger partial charge in [0.25, 0.3) is 5.91 Å². The Kier molecular flexibility index (Phi) is 6.60. The zero-order valence-corrected chi connectivity index (χ0v) is 18.6. The number of amides is 4. The smallest absolute Gasteiger partial charge is 0.329 e. The summed E-state index contributed by atoms with van der Waals surface area (Å²) >= 11 is 0. The second kappa shape index (κ2) is 9.74. The summed E-state index contributed by atoms with van der Waals surface area (Å²) in [4.78, 5) is 40.6. The van der Waals surface area contributed by atoms with E-state index < -0.39 is 17.8 Å². The van der Waals surface area contributed by atoms with Crippen LogP contribution >= 0.6 is 0 Å². The molecule has 172 valence electrons. The highest BCUT2D eigenvalue weighted by Gasteiger charge is 2.35. The van der Waals surface area contributed by atoms with E-state index in [9.17, 15) is 14.4 Å². The van der Waals surface area contributed by atoms with Crippen LogP contribution < -0.4 is 20.3 Å². The van der Waals surface area contributed by atoms with Gasteiger partial charge in [-0.05, 0) is 60.5 Å². The predicted octanol–water partition coefficient (Wildman–Crippen LogP) is 2.37. The zero-order valence-electron chi connectivity index (χ0n) is 18.6. The van der Waals surface area contributed by atoms with Gasteiger partial charge in [0, 0.05) is 24.5 Å². The number of aryl methyl sites for hydroxylation is 1. The third kappa shape index (κ3) is 5.15. The molecule has 0 aromatic heterocycles. The molecule has 2 saturated heterocycles. The minimum atomic E-state index is -0.626. The molecule has 2 fully saturated rings. The zero-order chi connectivity index (χ0) is 23.4. The maximum atomic E-state index is 12.8. The van der Waals surface area contributed by atoms with Gasteiger partial charge in [-0.1, -0.05) is 6.07 Å². The Hall–Kier alpha value is -3.85. The Balaban J connectivity index is 1.42. The summed E-state index contributed by atoms with van der Waals surface area (Å²) in [6.07, 6.45) is 1.64. The molecular formula is C24H26N4O5. The first-order chi connectivity index (χ1) is 15.9. The van der Waals surface area contributed by atoms with Crippen molar-refractivity contribution in [3.8, 4) is 5.75 Å². The van der Waals surface area contributed by atoms with E-state index in [1.165, 1.54) is 0 Å². The van der Waals surface area contributed by atoms with E-state index in [-0.39, 0.29) is 12.2 Å². The number of rotatable bonds is 6. The van der Waals surface area contributed by atoms with Crippen molar-refractivity contribution in [1.29, 1.82) is 0 Å².